The molecule has 1 amide bonds. The Morgan fingerprint density at radius 2 is 1.93 bits per heavy atom. The summed E-state index contributed by atoms with van der Waals surface area (Å²) in [4.78, 5) is 15.5. The van der Waals surface area contributed by atoms with Crippen molar-refractivity contribution in [3.8, 4) is 17.1 Å². The average molecular weight is 403 g/mol. The van der Waals surface area contributed by atoms with E-state index in [9.17, 15) is 18.0 Å². The fraction of sp³-hybridized carbons (Fsp3) is 0.263. The number of aryl methyl sites for hydroxylation is 1. The lowest BCUT2D eigenvalue weighted by Gasteiger charge is -2.29. The highest BCUT2D eigenvalue weighted by Gasteiger charge is 2.32. The molecular formula is C19H16F3N5O2. The number of alkyl halides is 3. The maximum atomic E-state index is 12.8. The fourth-order valence-corrected chi connectivity index (χ4v) is 3.25. The molecule has 0 saturated carbocycles. The standard InChI is InChI=1S/C19H16F3N5O2/c20-19(21,22)29-15-8-9-16-14(11-15)7-4-10-26(16)17(28)12-27-24-18(23-25-27)13-5-2-1-3-6-13/h1-3,5-6,8-9,11H,4,7,10,12H2. The van der Waals surface area contributed by atoms with E-state index in [1.165, 1.54) is 27.9 Å². The zero-order chi connectivity index (χ0) is 20.4. The second-order valence-corrected chi connectivity index (χ2v) is 6.50. The first-order chi connectivity index (χ1) is 13.9. The van der Waals surface area contributed by atoms with E-state index in [0.717, 1.165) is 5.56 Å². The van der Waals surface area contributed by atoms with Crippen LogP contribution in [0.2, 0.25) is 0 Å². The van der Waals surface area contributed by atoms with Crippen LogP contribution >= 0.6 is 0 Å². The number of anilines is 1. The van der Waals surface area contributed by atoms with Crippen LogP contribution in [0.5, 0.6) is 5.75 Å². The lowest BCUT2D eigenvalue weighted by atomic mass is 10.0. The predicted octanol–water partition coefficient (Wildman–Crippen LogP) is 3.22. The molecule has 0 N–H and O–H groups in total. The van der Waals surface area contributed by atoms with E-state index in [0.29, 0.717) is 36.5 Å². The van der Waals surface area contributed by atoms with E-state index in [-0.39, 0.29) is 18.2 Å². The Morgan fingerprint density at radius 1 is 1.14 bits per heavy atom. The van der Waals surface area contributed by atoms with Gasteiger partial charge in [-0.15, -0.1) is 23.4 Å². The van der Waals surface area contributed by atoms with Crippen molar-refractivity contribution in [1.82, 2.24) is 20.2 Å². The highest BCUT2D eigenvalue weighted by Crippen LogP contribution is 2.32. The monoisotopic (exact) mass is 403 g/mol. The Morgan fingerprint density at radius 3 is 2.69 bits per heavy atom. The minimum Gasteiger partial charge on any atom is -0.406 e. The third-order valence-electron chi connectivity index (χ3n) is 4.47. The van der Waals surface area contributed by atoms with Crippen molar-refractivity contribution < 1.29 is 22.7 Å². The SMILES string of the molecule is O=C(Cn1nnc(-c2ccccc2)n1)N1CCCc2cc(OC(F)(F)F)ccc21. The smallest absolute Gasteiger partial charge is 0.406 e. The summed E-state index contributed by atoms with van der Waals surface area (Å²) in [6, 6.07) is 13.2. The first-order valence-corrected chi connectivity index (χ1v) is 8.91. The second-order valence-electron chi connectivity index (χ2n) is 6.50. The lowest BCUT2D eigenvalue weighted by molar-refractivity contribution is -0.274. The van der Waals surface area contributed by atoms with E-state index in [1.54, 1.807) is 0 Å². The first-order valence-electron chi connectivity index (χ1n) is 8.91. The average Bonchev–Trinajstić information content (AvgIpc) is 3.15. The van der Waals surface area contributed by atoms with Gasteiger partial charge in [0, 0.05) is 17.8 Å². The third-order valence-corrected chi connectivity index (χ3v) is 4.47. The number of fused-ring (bicyclic) bond motifs is 1. The van der Waals surface area contributed by atoms with Crippen molar-refractivity contribution >= 4 is 11.6 Å². The molecule has 0 bridgehead atoms. The Bertz CT molecular complexity index is 1020. The largest absolute Gasteiger partial charge is 0.573 e. The first kappa shape index (κ1) is 18.9. The van der Waals surface area contributed by atoms with Crippen LogP contribution in [-0.2, 0) is 17.8 Å². The molecule has 0 saturated heterocycles. The summed E-state index contributed by atoms with van der Waals surface area (Å²) in [6.07, 6.45) is -3.56. The van der Waals surface area contributed by atoms with Crippen LogP contribution in [0.4, 0.5) is 18.9 Å². The highest BCUT2D eigenvalue weighted by atomic mass is 19.4. The van der Waals surface area contributed by atoms with Crippen LogP contribution in [0.15, 0.2) is 48.5 Å². The topological polar surface area (TPSA) is 73.1 Å². The number of ether oxygens (including phenoxy) is 1. The highest BCUT2D eigenvalue weighted by molar-refractivity contribution is 5.94. The van der Waals surface area contributed by atoms with Gasteiger partial charge in [-0.1, -0.05) is 30.3 Å². The Hall–Kier alpha value is -3.43. The van der Waals surface area contributed by atoms with Crippen LogP contribution in [0.3, 0.4) is 0 Å². The van der Waals surface area contributed by atoms with Gasteiger partial charge in [-0.2, -0.15) is 4.80 Å². The van der Waals surface area contributed by atoms with Crippen molar-refractivity contribution in [3.05, 3.63) is 54.1 Å². The maximum absolute atomic E-state index is 12.8. The molecule has 10 heteroatoms. The number of halogens is 3. The molecule has 0 atom stereocenters. The maximum Gasteiger partial charge on any atom is 0.573 e. The number of benzene rings is 2. The molecule has 0 unspecified atom stereocenters. The van der Waals surface area contributed by atoms with Gasteiger partial charge in [0.25, 0.3) is 5.91 Å². The van der Waals surface area contributed by atoms with Crippen molar-refractivity contribution in [2.75, 3.05) is 11.4 Å². The minimum absolute atomic E-state index is 0.125. The predicted molar refractivity (Wildman–Crippen MR) is 97.1 cm³/mol. The summed E-state index contributed by atoms with van der Waals surface area (Å²) in [5, 5.41) is 12.1. The van der Waals surface area contributed by atoms with Gasteiger partial charge in [0.2, 0.25) is 5.82 Å². The van der Waals surface area contributed by atoms with Crippen molar-refractivity contribution in [2.45, 2.75) is 25.7 Å². The molecular weight excluding hydrogens is 387 g/mol. The molecule has 2 heterocycles. The van der Waals surface area contributed by atoms with Gasteiger partial charge in [-0.25, -0.2) is 0 Å². The fourth-order valence-electron chi connectivity index (χ4n) is 3.25. The minimum atomic E-state index is -4.76. The van der Waals surface area contributed by atoms with E-state index in [4.69, 9.17) is 0 Å². The molecule has 7 nitrogen and oxygen atoms in total. The molecule has 1 aliphatic rings. The number of nitrogens with zero attached hydrogens (tertiary/aromatic N) is 5. The number of tetrazole rings is 1. The van der Waals surface area contributed by atoms with Crippen molar-refractivity contribution in [1.29, 1.82) is 0 Å². The zero-order valence-electron chi connectivity index (χ0n) is 15.1. The summed E-state index contributed by atoms with van der Waals surface area (Å²) in [5.41, 5.74) is 1.98. The van der Waals surface area contributed by atoms with Crippen LogP contribution in [0.1, 0.15) is 12.0 Å². The summed E-state index contributed by atoms with van der Waals surface area (Å²) in [7, 11) is 0. The van der Waals surface area contributed by atoms with Crippen LogP contribution < -0.4 is 9.64 Å². The number of amides is 1. The molecule has 0 spiro atoms. The zero-order valence-corrected chi connectivity index (χ0v) is 15.1. The van der Waals surface area contributed by atoms with Gasteiger partial charge in [-0.05, 0) is 41.8 Å². The number of hydrogen-bond acceptors (Lipinski definition) is 5. The molecule has 4 rings (SSSR count). The van der Waals surface area contributed by atoms with E-state index in [1.807, 2.05) is 30.3 Å². The number of aromatic nitrogens is 4. The molecule has 0 radical (unpaired) electrons. The van der Waals surface area contributed by atoms with Crippen molar-refractivity contribution in [2.24, 2.45) is 0 Å². The second kappa shape index (κ2) is 7.53. The summed E-state index contributed by atoms with van der Waals surface area (Å²) in [6.45, 7) is 0.339. The molecule has 0 aliphatic carbocycles. The van der Waals surface area contributed by atoms with E-state index < -0.39 is 6.36 Å². The molecule has 1 aromatic heterocycles. The van der Waals surface area contributed by atoms with Crippen LogP contribution in [0.25, 0.3) is 11.4 Å². The van der Waals surface area contributed by atoms with E-state index in [2.05, 4.69) is 20.1 Å². The molecule has 0 fully saturated rings. The van der Waals surface area contributed by atoms with Gasteiger partial charge >= 0.3 is 6.36 Å². The molecule has 29 heavy (non-hydrogen) atoms. The van der Waals surface area contributed by atoms with Crippen LogP contribution in [-0.4, -0.2) is 39.0 Å². The normalized spacial score (nSPS) is 13.8. The van der Waals surface area contributed by atoms with Gasteiger partial charge < -0.3 is 9.64 Å². The Balaban J connectivity index is 1.50. The van der Waals surface area contributed by atoms with Crippen LogP contribution in [0, 0.1) is 0 Å². The van der Waals surface area contributed by atoms with Gasteiger partial charge in [0.05, 0.1) is 0 Å². The molecule has 3 aromatic rings. The summed E-state index contributed by atoms with van der Waals surface area (Å²) < 4.78 is 41.3. The number of rotatable bonds is 4. The van der Waals surface area contributed by atoms with Gasteiger partial charge in [0.1, 0.15) is 12.3 Å². The van der Waals surface area contributed by atoms with Gasteiger partial charge in [0.15, 0.2) is 0 Å². The number of carbonyl (C=O) groups is 1. The Kier molecular flexibility index (Phi) is 4.91. The summed E-state index contributed by atoms with van der Waals surface area (Å²) >= 11 is 0. The van der Waals surface area contributed by atoms with E-state index >= 15 is 0 Å². The molecule has 1 aliphatic heterocycles. The number of hydrogen-bond donors (Lipinski definition) is 0. The Labute approximate surface area is 163 Å². The third kappa shape index (κ3) is 4.36. The molecule has 2 aromatic carbocycles. The quantitative estimate of drug-likeness (QED) is 0.669. The molecule has 150 valence electrons. The lowest BCUT2D eigenvalue weighted by Crippen LogP contribution is -2.38. The number of carbonyl (C=O) groups excluding carboxylic acids is 1. The van der Waals surface area contributed by atoms with Crippen molar-refractivity contribution in [3.63, 3.8) is 0 Å². The summed E-state index contributed by atoms with van der Waals surface area (Å²) in [5.74, 6) is -0.158. The van der Waals surface area contributed by atoms with Gasteiger partial charge in [-0.3, -0.25) is 4.79 Å².